The second-order valence-corrected chi connectivity index (χ2v) is 6.40. The molecule has 23 heavy (non-hydrogen) atoms. The summed E-state index contributed by atoms with van der Waals surface area (Å²) in [6.45, 7) is 5.74. The number of hydrogen-bond donors (Lipinski definition) is 3. The van der Waals surface area contributed by atoms with Crippen LogP contribution in [0.15, 0.2) is 17.1 Å². The molecule has 0 spiro atoms. The van der Waals surface area contributed by atoms with E-state index in [9.17, 15) is 24.9 Å². The number of carboxylic acid groups (broad SMARTS) is 1. The van der Waals surface area contributed by atoms with Crippen molar-refractivity contribution < 1.29 is 20.1 Å². The van der Waals surface area contributed by atoms with Crippen LogP contribution >= 0.6 is 0 Å². The maximum Gasteiger partial charge on any atom is 0.329 e. The topological polar surface area (TPSA) is 103 Å². The second-order valence-electron chi connectivity index (χ2n) is 6.40. The average Bonchev–Trinajstić information content (AvgIpc) is 2.45. The highest BCUT2D eigenvalue weighted by atomic mass is 16.4. The monoisotopic (exact) mass is 324 g/mol. The van der Waals surface area contributed by atoms with Crippen LogP contribution in [0, 0.1) is 5.92 Å². The van der Waals surface area contributed by atoms with E-state index in [1.807, 2.05) is 0 Å². The van der Waals surface area contributed by atoms with Gasteiger partial charge in [-0.15, -0.1) is 0 Å². The van der Waals surface area contributed by atoms with Gasteiger partial charge in [0.2, 0.25) is 5.43 Å². The van der Waals surface area contributed by atoms with Gasteiger partial charge in [-0.05, 0) is 38.8 Å². The molecule has 1 aliphatic rings. The third-order valence-electron chi connectivity index (χ3n) is 4.41. The smallest absolute Gasteiger partial charge is 0.329 e. The summed E-state index contributed by atoms with van der Waals surface area (Å²) in [4.78, 5) is 25.4. The van der Waals surface area contributed by atoms with Gasteiger partial charge in [0.15, 0.2) is 11.8 Å². The van der Waals surface area contributed by atoms with Crippen molar-refractivity contribution in [2.75, 3.05) is 13.1 Å². The lowest BCUT2D eigenvalue weighted by atomic mass is 9.99. The lowest BCUT2D eigenvalue weighted by molar-refractivity contribution is -0.144. The third-order valence-corrected chi connectivity index (χ3v) is 4.41. The van der Waals surface area contributed by atoms with Gasteiger partial charge in [-0.25, -0.2) is 4.79 Å². The number of pyridine rings is 1. The van der Waals surface area contributed by atoms with E-state index in [1.165, 1.54) is 17.6 Å². The molecule has 0 bridgehead atoms. The molecule has 7 heteroatoms. The Morgan fingerprint density at radius 1 is 1.39 bits per heavy atom. The number of likely N-dealkylation sites (tertiary alicyclic amines) is 1. The second kappa shape index (κ2) is 7.14. The molecule has 2 atom stereocenters. The first-order chi connectivity index (χ1) is 10.8. The van der Waals surface area contributed by atoms with Crippen LogP contribution in [-0.4, -0.2) is 49.9 Å². The number of aliphatic hydroxyl groups excluding tert-OH is 1. The first kappa shape index (κ1) is 17.5. The van der Waals surface area contributed by atoms with Crippen molar-refractivity contribution in [3.8, 4) is 5.75 Å². The molecular formula is C16H24N2O5. The summed E-state index contributed by atoms with van der Waals surface area (Å²) in [7, 11) is 0. The molecule has 2 unspecified atom stereocenters. The van der Waals surface area contributed by atoms with Crippen molar-refractivity contribution in [2.45, 2.75) is 45.4 Å². The fraction of sp³-hybridized carbons (Fsp3) is 0.625. The van der Waals surface area contributed by atoms with E-state index in [4.69, 9.17) is 0 Å². The van der Waals surface area contributed by atoms with Crippen LogP contribution in [-0.2, 0) is 11.3 Å². The molecule has 3 N–H and O–H groups in total. The summed E-state index contributed by atoms with van der Waals surface area (Å²) in [5, 5.41) is 28.8. The SMILES string of the molecule is CC1CCN(Cc2cc(=O)c(O)cn2C(C(=O)O)C(C)O)CC1. The zero-order valence-corrected chi connectivity index (χ0v) is 13.5. The lowest BCUT2D eigenvalue weighted by Crippen LogP contribution is -2.36. The summed E-state index contributed by atoms with van der Waals surface area (Å²) in [5.41, 5.74) is -0.0630. The average molecular weight is 324 g/mol. The molecule has 1 aromatic rings. The number of hydrogen-bond acceptors (Lipinski definition) is 5. The predicted molar refractivity (Wildman–Crippen MR) is 84.4 cm³/mol. The number of aliphatic hydroxyl groups is 1. The minimum absolute atomic E-state index is 0.415. The van der Waals surface area contributed by atoms with Crippen molar-refractivity contribution in [3.05, 3.63) is 28.2 Å². The van der Waals surface area contributed by atoms with Crippen molar-refractivity contribution in [2.24, 2.45) is 5.92 Å². The van der Waals surface area contributed by atoms with Gasteiger partial charge in [0, 0.05) is 18.3 Å². The van der Waals surface area contributed by atoms with E-state index in [1.54, 1.807) is 0 Å². The molecule has 2 heterocycles. The maximum absolute atomic E-state index is 11.8. The first-order valence-corrected chi connectivity index (χ1v) is 7.87. The Hall–Kier alpha value is -1.86. The van der Waals surface area contributed by atoms with Crippen LogP contribution in [0.5, 0.6) is 5.75 Å². The Kier molecular flexibility index (Phi) is 5.43. The number of aromatic hydroxyl groups is 1. The van der Waals surface area contributed by atoms with E-state index in [2.05, 4.69) is 11.8 Å². The van der Waals surface area contributed by atoms with Gasteiger partial charge in [0.1, 0.15) is 0 Å². The van der Waals surface area contributed by atoms with Gasteiger partial charge in [-0.1, -0.05) is 6.92 Å². The van der Waals surface area contributed by atoms with Gasteiger partial charge in [0.25, 0.3) is 0 Å². The molecule has 0 radical (unpaired) electrons. The van der Waals surface area contributed by atoms with E-state index < -0.39 is 29.3 Å². The Labute approximate surface area is 134 Å². The normalized spacial score (nSPS) is 19.4. The van der Waals surface area contributed by atoms with Crippen LogP contribution < -0.4 is 5.43 Å². The summed E-state index contributed by atoms with van der Waals surface area (Å²) >= 11 is 0. The van der Waals surface area contributed by atoms with E-state index in [-0.39, 0.29) is 0 Å². The number of carboxylic acids is 1. The number of piperidine rings is 1. The molecule has 1 saturated heterocycles. The van der Waals surface area contributed by atoms with Crippen LogP contribution in [0.2, 0.25) is 0 Å². The number of aliphatic carboxylic acids is 1. The number of nitrogens with zero attached hydrogens (tertiary/aromatic N) is 2. The molecule has 2 rings (SSSR count). The van der Waals surface area contributed by atoms with Gasteiger partial charge < -0.3 is 19.9 Å². The van der Waals surface area contributed by atoms with Gasteiger partial charge >= 0.3 is 5.97 Å². The highest BCUT2D eigenvalue weighted by Gasteiger charge is 2.28. The van der Waals surface area contributed by atoms with E-state index >= 15 is 0 Å². The molecule has 1 fully saturated rings. The molecule has 1 aliphatic heterocycles. The molecule has 0 saturated carbocycles. The number of aromatic nitrogens is 1. The minimum atomic E-state index is -1.25. The van der Waals surface area contributed by atoms with Crippen molar-refractivity contribution >= 4 is 5.97 Å². The van der Waals surface area contributed by atoms with Gasteiger partial charge in [-0.2, -0.15) is 0 Å². The van der Waals surface area contributed by atoms with Crippen molar-refractivity contribution in [3.63, 3.8) is 0 Å². The van der Waals surface area contributed by atoms with Crippen LogP contribution in [0.1, 0.15) is 38.4 Å². The fourth-order valence-corrected chi connectivity index (χ4v) is 2.97. The Morgan fingerprint density at radius 3 is 2.52 bits per heavy atom. The predicted octanol–water partition coefficient (Wildman–Crippen LogP) is 0.792. The van der Waals surface area contributed by atoms with E-state index in [0.717, 1.165) is 32.1 Å². The minimum Gasteiger partial charge on any atom is -0.503 e. The highest BCUT2D eigenvalue weighted by molar-refractivity contribution is 5.72. The molecule has 7 nitrogen and oxygen atoms in total. The van der Waals surface area contributed by atoms with Gasteiger partial charge in [-0.3, -0.25) is 9.69 Å². The molecular weight excluding hydrogens is 300 g/mol. The Bertz CT molecular complexity index is 617. The zero-order valence-electron chi connectivity index (χ0n) is 13.5. The molecule has 128 valence electrons. The summed E-state index contributed by atoms with van der Waals surface area (Å²) in [6.07, 6.45) is 2.06. The van der Waals surface area contributed by atoms with Crippen LogP contribution in [0.4, 0.5) is 0 Å². The fourth-order valence-electron chi connectivity index (χ4n) is 2.97. The maximum atomic E-state index is 11.8. The van der Waals surface area contributed by atoms with Crippen molar-refractivity contribution in [1.29, 1.82) is 0 Å². The first-order valence-electron chi connectivity index (χ1n) is 7.87. The van der Waals surface area contributed by atoms with Crippen molar-refractivity contribution in [1.82, 2.24) is 9.47 Å². The molecule has 0 aliphatic carbocycles. The van der Waals surface area contributed by atoms with Crippen LogP contribution in [0.25, 0.3) is 0 Å². The Morgan fingerprint density at radius 2 is 2.00 bits per heavy atom. The summed E-state index contributed by atoms with van der Waals surface area (Å²) in [6, 6.07) is 0.00584. The zero-order chi connectivity index (χ0) is 17.1. The van der Waals surface area contributed by atoms with Crippen LogP contribution in [0.3, 0.4) is 0 Å². The molecule has 0 aromatic carbocycles. The molecule has 1 aromatic heterocycles. The highest BCUT2D eigenvalue weighted by Crippen LogP contribution is 2.22. The Balaban J connectivity index is 2.35. The quantitative estimate of drug-likeness (QED) is 0.740. The number of rotatable bonds is 5. The molecule has 0 amide bonds. The van der Waals surface area contributed by atoms with E-state index in [0.29, 0.717) is 18.2 Å². The standard InChI is InChI=1S/C16H24N2O5/c1-10-3-5-17(6-4-10)8-12-7-13(20)14(21)9-18(12)15(11(2)19)16(22)23/h7,9-11,15,19,21H,3-6,8H2,1-2H3,(H,22,23). The summed E-state index contributed by atoms with van der Waals surface area (Å²) < 4.78 is 1.29. The summed E-state index contributed by atoms with van der Waals surface area (Å²) in [5.74, 6) is -1.07. The lowest BCUT2D eigenvalue weighted by Gasteiger charge is -2.32. The third kappa shape index (κ3) is 4.11. The van der Waals surface area contributed by atoms with Gasteiger partial charge in [0.05, 0.1) is 12.3 Å². The number of carbonyl (C=O) groups is 1. The largest absolute Gasteiger partial charge is 0.503 e.